The lowest BCUT2D eigenvalue weighted by Gasteiger charge is -2.34. The Hall–Kier alpha value is -1.77. The smallest absolute Gasteiger partial charge is 0.273 e. The third-order valence-corrected chi connectivity index (χ3v) is 6.15. The van der Waals surface area contributed by atoms with Crippen LogP contribution in [0.1, 0.15) is 10.5 Å². The molecular weight excluding hydrogens is 348 g/mol. The zero-order valence-corrected chi connectivity index (χ0v) is 14.7. The van der Waals surface area contributed by atoms with Gasteiger partial charge in [0.1, 0.15) is 10.7 Å². The van der Waals surface area contributed by atoms with Gasteiger partial charge in [-0.05, 0) is 11.4 Å². The van der Waals surface area contributed by atoms with Gasteiger partial charge >= 0.3 is 0 Å². The van der Waals surface area contributed by atoms with Crippen LogP contribution in [0.2, 0.25) is 0 Å². The molecule has 0 radical (unpaired) electrons. The topological polar surface area (TPSA) is 49.3 Å². The number of hydrogen-bond acceptors (Lipinski definition) is 7. The second kappa shape index (κ2) is 6.38. The second-order valence-electron chi connectivity index (χ2n) is 5.14. The molecule has 0 saturated carbocycles. The molecule has 5 nitrogen and oxygen atoms in total. The molecule has 8 heteroatoms. The molecule has 1 aliphatic rings. The minimum Gasteiger partial charge on any atom is -0.345 e. The highest BCUT2D eigenvalue weighted by Crippen LogP contribution is 2.26. The zero-order chi connectivity index (χ0) is 15.6. The van der Waals surface area contributed by atoms with E-state index in [1.54, 1.807) is 22.7 Å². The summed E-state index contributed by atoms with van der Waals surface area (Å²) < 4.78 is 0. The predicted molar refractivity (Wildman–Crippen MR) is 95.7 cm³/mol. The molecule has 0 atom stereocenters. The monoisotopic (exact) mass is 362 g/mol. The summed E-state index contributed by atoms with van der Waals surface area (Å²) in [6, 6.07) is 2.03. The molecule has 0 unspecified atom stereocenters. The molecule has 0 aromatic carbocycles. The molecular formula is C15H14N4OS3. The van der Waals surface area contributed by atoms with E-state index in [1.165, 1.54) is 11.3 Å². The number of nitrogens with zero attached hydrogens (tertiary/aromatic N) is 4. The van der Waals surface area contributed by atoms with Gasteiger partial charge in [-0.2, -0.15) is 11.3 Å². The molecule has 0 aliphatic carbocycles. The number of hydrogen-bond donors (Lipinski definition) is 0. The third kappa shape index (κ3) is 3.01. The van der Waals surface area contributed by atoms with E-state index in [9.17, 15) is 4.79 Å². The van der Waals surface area contributed by atoms with Crippen molar-refractivity contribution in [3.63, 3.8) is 0 Å². The van der Waals surface area contributed by atoms with Crippen LogP contribution in [-0.2, 0) is 0 Å². The summed E-state index contributed by atoms with van der Waals surface area (Å²) in [5.41, 5.74) is 1.64. The molecule has 1 fully saturated rings. The van der Waals surface area contributed by atoms with Gasteiger partial charge in [0.25, 0.3) is 5.91 Å². The number of aromatic nitrogens is 2. The summed E-state index contributed by atoms with van der Waals surface area (Å²) in [4.78, 5) is 25.6. The van der Waals surface area contributed by atoms with Crippen LogP contribution >= 0.6 is 34.0 Å². The molecule has 1 aliphatic heterocycles. The van der Waals surface area contributed by atoms with Crippen molar-refractivity contribution >= 4 is 45.0 Å². The van der Waals surface area contributed by atoms with Gasteiger partial charge in [-0.3, -0.25) is 4.79 Å². The number of thiazole rings is 2. The average Bonchev–Trinajstić information content (AvgIpc) is 3.36. The first-order valence-electron chi connectivity index (χ1n) is 7.23. The number of anilines is 1. The van der Waals surface area contributed by atoms with Crippen LogP contribution < -0.4 is 4.90 Å². The predicted octanol–water partition coefficient (Wildman–Crippen LogP) is 3.29. The van der Waals surface area contributed by atoms with E-state index in [4.69, 9.17) is 0 Å². The third-order valence-electron chi connectivity index (χ3n) is 3.75. The molecule has 4 heterocycles. The van der Waals surface area contributed by atoms with E-state index in [-0.39, 0.29) is 5.91 Å². The van der Waals surface area contributed by atoms with Gasteiger partial charge in [-0.15, -0.1) is 22.7 Å². The number of piperazine rings is 1. The van der Waals surface area contributed by atoms with Gasteiger partial charge in [-0.1, -0.05) is 0 Å². The van der Waals surface area contributed by atoms with Crippen LogP contribution in [0, 0.1) is 0 Å². The fourth-order valence-electron chi connectivity index (χ4n) is 2.53. The van der Waals surface area contributed by atoms with Crippen LogP contribution in [0.25, 0.3) is 10.6 Å². The highest BCUT2D eigenvalue weighted by atomic mass is 32.1. The van der Waals surface area contributed by atoms with Gasteiger partial charge in [-0.25, -0.2) is 9.97 Å². The largest absolute Gasteiger partial charge is 0.345 e. The highest BCUT2D eigenvalue weighted by molar-refractivity contribution is 7.14. The number of rotatable bonds is 3. The molecule has 118 valence electrons. The van der Waals surface area contributed by atoms with Crippen molar-refractivity contribution in [3.05, 3.63) is 39.5 Å². The van der Waals surface area contributed by atoms with Crippen molar-refractivity contribution in [1.82, 2.24) is 14.9 Å². The number of carbonyl (C=O) groups is 1. The second-order valence-corrected chi connectivity index (χ2v) is 7.66. The zero-order valence-electron chi connectivity index (χ0n) is 12.2. The van der Waals surface area contributed by atoms with Crippen LogP contribution in [-0.4, -0.2) is 47.0 Å². The first kappa shape index (κ1) is 14.8. The quantitative estimate of drug-likeness (QED) is 0.717. The SMILES string of the molecule is O=C(c1csc(-c2ccsc2)n1)N1CCN(c2nccs2)CC1. The van der Waals surface area contributed by atoms with Crippen molar-refractivity contribution in [2.45, 2.75) is 0 Å². The summed E-state index contributed by atoms with van der Waals surface area (Å²) in [5.74, 6) is 0.0292. The Bertz CT molecular complexity index is 774. The lowest BCUT2D eigenvalue weighted by Crippen LogP contribution is -2.48. The Labute approximate surface area is 145 Å². The van der Waals surface area contributed by atoms with Crippen LogP contribution in [0.4, 0.5) is 5.13 Å². The van der Waals surface area contributed by atoms with E-state index in [0.29, 0.717) is 18.8 Å². The number of thiophene rings is 1. The van der Waals surface area contributed by atoms with E-state index >= 15 is 0 Å². The van der Waals surface area contributed by atoms with Gasteiger partial charge in [0.15, 0.2) is 5.13 Å². The summed E-state index contributed by atoms with van der Waals surface area (Å²) in [5, 5.41) is 9.87. The molecule has 0 spiro atoms. The van der Waals surface area contributed by atoms with Crippen LogP contribution in [0.15, 0.2) is 33.8 Å². The lowest BCUT2D eigenvalue weighted by atomic mass is 10.3. The van der Waals surface area contributed by atoms with Crippen molar-refractivity contribution in [3.8, 4) is 10.6 Å². The molecule has 4 rings (SSSR count). The van der Waals surface area contributed by atoms with Gasteiger partial charge in [0.2, 0.25) is 0 Å². The minimum atomic E-state index is 0.0292. The highest BCUT2D eigenvalue weighted by Gasteiger charge is 2.24. The van der Waals surface area contributed by atoms with Gasteiger partial charge in [0.05, 0.1) is 0 Å². The van der Waals surface area contributed by atoms with Crippen molar-refractivity contribution in [1.29, 1.82) is 0 Å². The standard InChI is InChI=1S/C15H14N4OS3/c20-14(12-10-23-13(17-12)11-1-7-21-9-11)18-3-5-19(6-4-18)15-16-2-8-22-15/h1-2,7-10H,3-6H2. The van der Waals surface area contributed by atoms with Gasteiger partial charge in [0, 0.05) is 54.1 Å². The number of carbonyl (C=O) groups excluding carboxylic acids is 1. The summed E-state index contributed by atoms with van der Waals surface area (Å²) in [6.45, 7) is 3.06. The van der Waals surface area contributed by atoms with Gasteiger partial charge < -0.3 is 9.80 Å². The Morgan fingerprint density at radius 3 is 2.65 bits per heavy atom. The first-order chi connectivity index (χ1) is 11.3. The summed E-state index contributed by atoms with van der Waals surface area (Å²) in [6.07, 6.45) is 1.82. The molecule has 1 saturated heterocycles. The fraction of sp³-hybridized carbons (Fsp3) is 0.267. The minimum absolute atomic E-state index is 0.0292. The lowest BCUT2D eigenvalue weighted by molar-refractivity contribution is 0.0742. The van der Waals surface area contributed by atoms with E-state index in [1.807, 2.05) is 33.3 Å². The normalized spacial score (nSPS) is 15.1. The molecule has 3 aromatic heterocycles. The molecule has 0 N–H and O–H groups in total. The summed E-state index contributed by atoms with van der Waals surface area (Å²) in [7, 11) is 0. The average molecular weight is 363 g/mol. The van der Waals surface area contributed by atoms with E-state index in [0.717, 1.165) is 28.8 Å². The Balaban J connectivity index is 1.42. The van der Waals surface area contributed by atoms with E-state index in [2.05, 4.69) is 20.2 Å². The van der Waals surface area contributed by atoms with Crippen LogP contribution in [0.5, 0.6) is 0 Å². The summed E-state index contributed by atoms with van der Waals surface area (Å²) >= 11 is 4.81. The molecule has 1 amide bonds. The van der Waals surface area contributed by atoms with Crippen molar-refractivity contribution < 1.29 is 4.79 Å². The van der Waals surface area contributed by atoms with E-state index < -0.39 is 0 Å². The maximum atomic E-state index is 12.6. The molecule has 0 bridgehead atoms. The molecule has 3 aromatic rings. The number of amides is 1. The fourth-order valence-corrected chi connectivity index (χ4v) is 4.73. The van der Waals surface area contributed by atoms with Crippen LogP contribution in [0.3, 0.4) is 0 Å². The van der Waals surface area contributed by atoms with Crippen molar-refractivity contribution in [2.24, 2.45) is 0 Å². The maximum Gasteiger partial charge on any atom is 0.273 e. The Morgan fingerprint density at radius 2 is 1.96 bits per heavy atom. The Kier molecular flexibility index (Phi) is 4.11. The first-order valence-corrected chi connectivity index (χ1v) is 9.93. The van der Waals surface area contributed by atoms with Crippen molar-refractivity contribution in [2.75, 3.05) is 31.1 Å². The maximum absolute atomic E-state index is 12.6. The molecule has 23 heavy (non-hydrogen) atoms. The Morgan fingerprint density at radius 1 is 1.09 bits per heavy atom.